The number of methoxy groups -OCH3 is 2. The summed E-state index contributed by atoms with van der Waals surface area (Å²) in [5.74, 6) is 1.03. The smallest absolute Gasteiger partial charge is 0.270 e. The molecule has 0 unspecified atom stereocenters. The quantitative estimate of drug-likeness (QED) is 0.147. The van der Waals surface area contributed by atoms with Gasteiger partial charge in [0.2, 0.25) is 0 Å². The molecule has 2 amide bonds. The van der Waals surface area contributed by atoms with Crippen LogP contribution in [-0.4, -0.2) is 36.1 Å². The van der Waals surface area contributed by atoms with Gasteiger partial charge in [-0.1, -0.05) is 29.8 Å². The molecule has 1 N–H and O–H groups in total. The Morgan fingerprint density at radius 3 is 2.26 bits per heavy atom. The molecule has 0 saturated carbocycles. The highest BCUT2D eigenvalue weighted by molar-refractivity contribution is 7.80. The number of hydrogen-bond donors (Lipinski definition) is 1. The van der Waals surface area contributed by atoms with Crippen LogP contribution in [0.25, 0.3) is 17.0 Å². The van der Waals surface area contributed by atoms with Gasteiger partial charge in [0.25, 0.3) is 11.8 Å². The molecule has 0 radical (unpaired) electrons. The molecule has 4 aromatic rings. The number of thiocarbonyl (C=S) groups is 1. The van der Waals surface area contributed by atoms with Crippen molar-refractivity contribution in [2.24, 2.45) is 0 Å². The molecule has 0 aliphatic carbocycles. The number of nitrogens with zero attached hydrogens (tertiary/aromatic N) is 2. The number of rotatable bonds is 6. The summed E-state index contributed by atoms with van der Waals surface area (Å²) in [6.45, 7) is 0. The number of hydrogen-bond acceptors (Lipinski definition) is 7. The molecule has 1 aliphatic heterocycles. The molecule has 1 aromatic heterocycles. The zero-order valence-corrected chi connectivity index (χ0v) is 21.8. The number of carbonyl (C=O) groups excluding carboxylic acids is 2. The van der Waals surface area contributed by atoms with Crippen molar-refractivity contribution in [2.75, 3.05) is 19.1 Å². The summed E-state index contributed by atoms with van der Waals surface area (Å²) in [5.41, 5.74) is 1.26. The van der Waals surface area contributed by atoms with E-state index in [-0.39, 0.29) is 15.8 Å². The molecular formula is C28H20ClN3O5S. The molecule has 0 bridgehead atoms. The topological polar surface area (TPSA) is 90.0 Å². The number of pyridine rings is 1. The van der Waals surface area contributed by atoms with Crippen molar-refractivity contribution in [3.05, 3.63) is 89.1 Å². The van der Waals surface area contributed by atoms with Crippen LogP contribution in [0.1, 0.15) is 5.56 Å². The Kier molecular flexibility index (Phi) is 6.95. The Hall–Kier alpha value is -4.47. The lowest BCUT2D eigenvalue weighted by Crippen LogP contribution is -2.54. The van der Waals surface area contributed by atoms with Gasteiger partial charge in [0.15, 0.2) is 16.6 Å². The highest BCUT2D eigenvalue weighted by atomic mass is 35.5. The predicted octanol–water partition coefficient (Wildman–Crippen LogP) is 5.53. The minimum atomic E-state index is -0.635. The number of amides is 2. The van der Waals surface area contributed by atoms with Crippen molar-refractivity contribution in [2.45, 2.75) is 0 Å². The van der Waals surface area contributed by atoms with E-state index in [1.807, 2.05) is 30.3 Å². The highest BCUT2D eigenvalue weighted by Crippen LogP contribution is 2.34. The third kappa shape index (κ3) is 4.89. The maximum Gasteiger partial charge on any atom is 0.270 e. The molecule has 5 rings (SSSR count). The molecule has 8 nitrogen and oxygen atoms in total. The van der Waals surface area contributed by atoms with Crippen molar-refractivity contribution in [1.82, 2.24) is 10.3 Å². The summed E-state index contributed by atoms with van der Waals surface area (Å²) in [6, 6.07) is 21.2. The summed E-state index contributed by atoms with van der Waals surface area (Å²) >= 11 is 11.7. The van der Waals surface area contributed by atoms with Gasteiger partial charge in [-0.05, 0) is 66.8 Å². The molecule has 1 saturated heterocycles. The predicted molar refractivity (Wildman–Crippen MR) is 149 cm³/mol. The van der Waals surface area contributed by atoms with E-state index in [2.05, 4.69) is 10.3 Å². The lowest BCUT2D eigenvalue weighted by molar-refractivity contribution is -0.122. The van der Waals surface area contributed by atoms with Crippen LogP contribution in [0.15, 0.2) is 78.4 Å². The summed E-state index contributed by atoms with van der Waals surface area (Å²) in [5, 5.41) is 3.33. The monoisotopic (exact) mass is 545 g/mol. The molecular weight excluding hydrogens is 526 g/mol. The minimum Gasteiger partial charge on any atom is -0.493 e. The van der Waals surface area contributed by atoms with E-state index >= 15 is 0 Å². The molecule has 1 fully saturated rings. The normalized spacial score (nSPS) is 14.6. The van der Waals surface area contributed by atoms with Crippen LogP contribution in [0.2, 0.25) is 5.15 Å². The lowest BCUT2D eigenvalue weighted by atomic mass is 10.1. The molecule has 0 atom stereocenters. The maximum absolute atomic E-state index is 13.5. The number of nitrogens with one attached hydrogen (secondary N) is 1. The Balaban J connectivity index is 1.47. The lowest BCUT2D eigenvalue weighted by Gasteiger charge is -2.29. The molecule has 1 aliphatic rings. The second kappa shape index (κ2) is 10.5. The van der Waals surface area contributed by atoms with Gasteiger partial charge in [-0.25, -0.2) is 4.98 Å². The Morgan fingerprint density at radius 1 is 0.921 bits per heavy atom. The molecule has 3 aromatic carbocycles. The number of fused-ring (bicyclic) bond motifs is 1. The van der Waals surface area contributed by atoms with Crippen LogP contribution in [0.4, 0.5) is 5.69 Å². The zero-order valence-electron chi connectivity index (χ0n) is 20.2. The first-order valence-electron chi connectivity index (χ1n) is 11.3. The summed E-state index contributed by atoms with van der Waals surface area (Å²) in [4.78, 5) is 31.9. The fourth-order valence-electron chi connectivity index (χ4n) is 3.93. The molecule has 2 heterocycles. The van der Waals surface area contributed by atoms with Crippen LogP contribution in [0, 0.1) is 0 Å². The number of anilines is 1. The fourth-order valence-corrected chi connectivity index (χ4v) is 4.41. The number of benzene rings is 3. The van der Waals surface area contributed by atoms with Gasteiger partial charge in [0, 0.05) is 17.0 Å². The van der Waals surface area contributed by atoms with Crippen molar-refractivity contribution in [3.63, 3.8) is 0 Å². The van der Waals surface area contributed by atoms with Gasteiger partial charge in [-0.3, -0.25) is 19.8 Å². The minimum absolute atomic E-state index is 0.0338. The van der Waals surface area contributed by atoms with Crippen LogP contribution in [0.3, 0.4) is 0 Å². The maximum atomic E-state index is 13.5. The van der Waals surface area contributed by atoms with E-state index in [1.165, 1.54) is 25.2 Å². The van der Waals surface area contributed by atoms with Crippen molar-refractivity contribution >= 4 is 63.4 Å². The molecule has 38 heavy (non-hydrogen) atoms. The first-order valence-corrected chi connectivity index (χ1v) is 12.1. The van der Waals surface area contributed by atoms with E-state index in [0.29, 0.717) is 45.2 Å². The number of aromatic nitrogens is 1. The SMILES string of the molecule is COc1cc2cc(C=C3C(=O)NC(=S)N(c4ccc(Oc5ccccc5)cc4)C3=O)c(Cl)nc2cc1OC. The number of para-hydroxylation sites is 1. The van der Waals surface area contributed by atoms with E-state index in [0.717, 1.165) is 0 Å². The highest BCUT2D eigenvalue weighted by Gasteiger charge is 2.34. The zero-order chi connectivity index (χ0) is 26.8. The summed E-state index contributed by atoms with van der Waals surface area (Å²) in [6.07, 6.45) is 1.39. The summed E-state index contributed by atoms with van der Waals surface area (Å²) < 4.78 is 16.5. The van der Waals surface area contributed by atoms with Crippen LogP contribution in [0.5, 0.6) is 23.0 Å². The van der Waals surface area contributed by atoms with Gasteiger partial charge in [-0.15, -0.1) is 0 Å². The second-order valence-electron chi connectivity index (χ2n) is 8.14. The van der Waals surface area contributed by atoms with Gasteiger partial charge >= 0.3 is 0 Å². The van der Waals surface area contributed by atoms with E-state index < -0.39 is 11.8 Å². The van der Waals surface area contributed by atoms with E-state index in [4.69, 9.17) is 38.0 Å². The van der Waals surface area contributed by atoms with E-state index in [1.54, 1.807) is 42.5 Å². The third-order valence-corrected chi connectivity index (χ3v) is 6.36. The molecule has 190 valence electrons. The van der Waals surface area contributed by atoms with Crippen molar-refractivity contribution in [3.8, 4) is 23.0 Å². The summed E-state index contributed by atoms with van der Waals surface area (Å²) in [7, 11) is 3.05. The number of carbonyl (C=O) groups is 2. The van der Waals surface area contributed by atoms with Gasteiger partial charge in [-0.2, -0.15) is 0 Å². The first-order chi connectivity index (χ1) is 18.4. The van der Waals surface area contributed by atoms with Crippen molar-refractivity contribution < 1.29 is 23.8 Å². The Bertz CT molecular complexity index is 1610. The average molecular weight is 546 g/mol. The van der Waals surface area contributed by atoms with Gasteiger partial charge in [0.1, 0.15) is 22.2 Å². The van der Waals surface area contributed by atoms with Crippen LogP contribution >= 0.6 is 23.8 Å². The molecule has 0 spiro atoms. The van der Waals surface area contributed by atoms with Gasteiger partial charge < -0.3 is 14.2 Å². The largest absolute Gasteiger partial charge is 0.493 e. The van der Waals surface area contributed by atoms with Gasteiger partial charge in [0.05, 0.1) is 25.4 Å². The standard InChI is InChI=1S/C28H20ClN3O5S/c1-35-23-14-16-12-17(25(29)30-22(16)15-24(23)36-2)13-21-26(33)31-28(38)32(27(21)34)18-8-10-20(11-9-18)37-19-6-4-3-5-7-19/h3-15H,1-2H3,(H,31,33,38). The van der Waals surface area contributed by atoms with Crippen LogP contribution in [-0.2, 0) is 9.59 Å². The second-order valence-corrected chi connectivity index (χ2v) is 8.88. The number of halogens is 1. The fraction of sp³-hybridized carbons (Fsp3) is 0.0714. The number of ether oxygens (including phenoxy) is 3. The molecule has 10 heteroatoms. The average Bonchev–Trinajstić information content (AvgIpc) is 2.92. The third-order valence-electron chi connectivity index (χ3n) is 5.78. The van der Waals surface area contributed by atoms with Crippen molar-refractivity contribution in [1.29, 1.82) is 0 Å². The first kappa shape index (κ1) is 25.2. The van der Waals surface area contributed by atoms with E-state index in [9.17, 15) is 9.59 Å². The van der Waals surface area contributed by atoms with Crippen LogP contribution < -0.4 is 24.4 Å². The Labute approximate surface area is 228 Å². The Morgan fingerprint density at radius 2 is 1.58 bits per heavy atom.